The molecule has 2 aromatic heterocycles. The Bertz CT molecular complexity index is 877. The van der Waals surface area contributed by atoms with Gasteiger partial charge < -0.3 is 23.8 Å². The number of amides is 1. The Morgan fingerprint density at radius 3 is 2.83 bits per heavy atom. The number of furan rings is 1. The van der Waals surface area contributed by atoms with Crippen LogP contribution in [0, 0.1) is 6.92 Å². The molecule has 1 N–H and O–H groups in total. The summed E-state index contributed by atoms with van der Waals surface area (Å²) in [6, 6.07) is 7.72. The number of aromatic nitrogens is 1. The molecule has 1 fully saturated rings. The van der Waals surface area contributed by atoms with Gasteiger partial charge in [-0.25, -0.2) is 0 Å². The zero-order valence-corrected chi connectivity index (χ0v) is 13.2. The van der Waals surface area contributed by atoms with E-state index in [2.05, 4.69) is 10.3 Å². The molecule has 4 rings (SSSR count). The summed E-state index contributed by atoms with van der Waals surface area (Å²) in [5, 5.41) is 2.81. The van der Waals surface area contributed by atoms with Crippen molar-refractivity contribution in [2.24, 2.45) is 0 Å². The maximum Gasteiger partial charge on any atom is 0.298 e. The summed E-state index contributed by atoms with van der Waals surface area (Å²) in [4.78, 5) is 18.8. The Balaban J connectivity index is 1.56. The van der Waals surface area contributed by atoms with E-state index in [4.69, 9.17) is 13.6 Å². The minimum Gasteiger partial charge on any atom is -0.459 e. The third-order valence-corrected chi connectivity index (χ3v) is 3.98. The Morgan fingerprint density at radius 1 is 1.25 bits per heavy atom. The zero-order valence-electron chi connectivity index (χ0n) is 13.2. The van der Waals surface area contributed by atoms with Crippen LogP contribution >= 0.6 is 0 Å². The summed E-state index contributed by atoms with van der Waals surface area (Å²) in [6.07, 6.45) is 1.50. The van der Waals surface area contributed by atoms with Gasteiger partial charge in [0, 0.05) is 30.4 Å². The van der Waals surface area contributed by atoms with Crippen LogP contribution in [0.4, 0.5) is 11.7 Å². The summed E-state index contributed by atoms with van der Waals surface area (Å²) >= 11 is 0. The summed E-state index contributed by atoms with van der Waals surface area (Å²) < 4.78 is 16.4. The average Bonchev–Trinajstić information content (AvgIpc) is 3.21. The normalized spacial score (nSPS) is 15.0. The molecule has 1 aliphatic rings. The molecule has 124 valence electrons. The highest BCUT2D eigenvalue weighted by molar-refractivity contribution is 6.03. The van der Waals surface area contributed by atoms with Crippen LogP contribution in [0.25, 0.3) is 11.1 Å². The van der Waals surface area contributed by atoms with Gasteiger partial charge in [-0.3, -0.25) is 4.79 Å². The van der Waals surface area contributed by atoms with Crippen molar-refractivity contribution in [3.63, 3.8) is 0 Å². The first-order chi connectivity index (χ1) is 11.7. The maximum atomic E-state index is 12.2. The number of carbonyl (C=O) groups is 1. The number of ether oxygens (including phenoxy) is 1. The molecule has 7 heteroatoms. The number of oxazole rings is 1. The molecule has 0 radical (unpaired) electrons. The number of nitrogens with one attached hydrogen (secondary N) is 1. The minimum atomic E-state index is -0.287. The van der Waals surface area contributed by atoms with Gasteiger partial charge in [0.2, 0.25) is 0 Å². The molecule has 7 nitrogen and oxygen atoms in total. The van der Waals surface area contributed by atoms with Crippen LogP contribution in [0.5, 0.6) is 0 Å². The highest BCUT2D eigenvalue weighted by atomic mass is 16.5. The molecule has 0 aliphatic carbocycles. The molecule has 1 amide bonds. The van der Waals surface area contributed by atoms with E-state index in [1.54, 1.807) is 18.2 Å². The van der Waals surface area contributed by atoms with E-state index in [9.17, 15) is 4.79 Å². The second-order valence-corrected chi connectivity index (χ2v) is 5.67. The first kappa shape index (κ1) is 14.8. The van der Waals surface area contributed by atoms with Gasteiger partial charge in [-0.15, -0.1) is 0 Å². The summed E-state index contributed by atoms with van der Waals surface area (Å²) in [6.45, 7) is 4.68. The highest BCUT2D eigenvalue weighted by Gasteiger charge is 2.18. The number of carbonyl (C=O) groups excluding carboxylic acids is 1. The number of fused-ring (bicyclic) bond motifs is 1. The van der Waals surface area contributed by atoms with Crippen LogP contribution in [0.2, 0.25) is 0 Å². The average molecular weight is 327 g/mol. The van der Waals surface area contributed by atoms with Gasteiger partial charge in [0.1, 0.15) is 5.52 Å². The summed E-state index contributed by atoms with van der Waals surface area (Å²) in [7, 11) is 0. The largest absolute Gasteiger partial charge is 0.459 e. The third kappa shape index (κ3) is 2.74. The molecule has 1 aliphatic heterocycles. The van der Waals surface area contributed by atoms with Crippen LogP contribution in [-0.4, -0.2) is 37.2 Å². The Hall–Kier alpha value is -2.80. The van der Waals surface area contributed by atoms with Crippen LogP contribution in [0.3, 0.4) is 0 Å². The molecule has 0 saturated carbocycles. The van der Waals surface area contributed by atoms with Crippen molar-refractivity contribution >= 4 is 28.7 Å². The number of rotatable bonds is 3. The van der Waals surface area contributed by atoms with E-state index in [0.29, 0.717) is 36.3 Å². The van der Waals surface area contributed by atoms with Crippen molar-refractivity contribution < 1.29 is 18.4 Å². The van der Waals surface area contributed by atoms with Crippen LogP contribution in [-0.2, 0) is 4.74 Å². The SMILES string of the molecule is Cc1ccoc1C(=O)Nc1ccc2nc(N3CCOCC3)oc2c1. The van der Waals surface area contributed by atoms with E-state index >= 15 is 0 Å². The minimum absolute atomic E-state index is 0.287. The first-order valence-corrected chi connectivity index (χ1v) is 7.79. The van der Waals surface area contributed by atoms with Crippen molar-refractivity contribution in [1.82, 2.24) is 4.98 Å². The summed E-state index contributed by atoms with van der Waals surface area (Å²) in [5.41, 5.74) is 2.81. The van der Waals surface area contributed by atoms with Crippen LogP contribution in [0.1, 0.15) is 16.1 Å². The van der Waals surface area contributed by atoms with Crippen LogP contribution < -0.4 is 10.2 Å². The fourth-order valence-corrected chi connectivity index (χ4v) is 2.67. The predicted octanol–water partition coefficient (Wildman–Crippen LogP) is 2.82. The van der Waals surface area contributed by atoms with Gasteiger partial charge in [-0.05, 0) is 25.1 Å². The second-order valence-electron chi connectivity index (χ2n) is 5.67. The monoisotopic (exact) mass is 327 g/mol. The quantitative estimate of drug-likeness (QED) is 0.797. The van der Waals surface area contributed by atoms with E-state index in [0.717, 1.165) is 24.2 Å². The number of anilines is 2. The molecule has 24 heavy (non-hydrogen) atoms. The molecule has 0 spiro atoms. The predicted molar refractivity (Wildman–Crippen MR) is 88.4 cm³/mol. The first-order valence-electron chi connectivity index (χ1n) is 7.79. The van der Waals surface area contributed by atoms with Gasteiger partial charge in [-0.2, -0.15) is 4.98 Å². The number of morpholine rings is 1. The van der Waals surface area contributed by atoms with E-state index in [-0.39, 0.29) is 5.91 Å². The van der Waals surface area contributed by atoms with Crippen molar-refractivity contribution in [3.8, 4) is 0 Å². The number of hydrogen-bond donors (Lipinski definition) is 1. The number of benzene rings is 1. The van der Waals surface area contributed by atoms with E-state index < -0.39 is 0 Å². The van der Waals surface area contributed by atoms with Gasteiger partial charge >= 0.3 is 0 Å². The van der Waals surface area contributed by atoms with Gasteiger partial charge in [0.25, 0.3) is 11.9 Å². The molecule has 0 bridgehead atoms. The second kappa shape index (κ2) is 6.01. The molecule has 0 atom stereocenters. The lowest BCUT2D eigenvalue weighted by Crippen LogP contribution is -2.36. The molecular weight excluding hydrogens is 310 g/mol. The molecule has 3 heterocycles. The van der Waals surface area contributed by atoms with Crippen molar-refractivity contribution in [3.05, 3.63) is 41.9 Å². The number of nitrogens with zero attached hydrogens (tertiary/aromatic N) is 2. The lowest BCUT2D eigenvalue weighted by Gasteiger charge is -2.24. The van der Waals surface area contributed by atoms with Crippen molar-refractivity contribution in [2.75, 3.05) is 36.5 Å². The zero-order chi connectivity index (χ0) is 16.5. The third-order valence-electron chi connectivity index (χ3n) is 3.98. The fourth-order valence-electron chi connectivity index (χ4n) is 2.67. The topological polar surface area (TPSA) is 80.7 Å². The molecule has 0 unspecified atom stereocenters. The van der Waals surface area contributed by atoms with Gasteiger partial charge in [0.15, 0.2) is 11.3 Å². The smallest absolute Gasteiger partial charge is 0.298 e. The summed E-state index contributed by atoms with van der Waals surface area (Å²) in [5.74, 6) is 0.0199. The van der Waals surface area contributed by atoms with Gasteiger partial charge in [0.05, 0.1) is 19.5 Å². The van der Waals surface area contributed by atoms with E-state index in [1.807, 2.05) is 17.9 Å². The molecule has 1 aromatic carbocycles. The molecular formula is C17H17N3O4. The highest BCUT2D eigenvalue weighted by Crippen LogP contribution is 2.25. The Labute approximate surface area is 138 Å². The molecule has 1 saturated heterocycles. The van der Waals surface area contributed by atoms with Gasteiger partial charge in [-0.1, -0.05) is 0 Å². The standard InChI is InChI=1S/C17H17N3O4/c1-11-4-7-23-15(11)16(21)18-12-2-3-13-14(10-12)24-17(19-13)20-5-8-22-9-6-20/h2-4,7,10H,5-6,8-9H2,1H3,(H,18,21). The lowest BCUT2D eigenvalue weighted by molar-refractivity contribution is 0.0996. The Morgan fingerprint density at radius 2 is 2.08 bits per heavy atom. The van der Waals surface area contributed by atoms with E-state index in [1.165, 1.54) is 6.26 Å². The molecule has 3 aromatic rings. The number of hydrogen-bond acceptors (Lipinski definition) is 6. The number of aryl methyl sites for hydroxylation is 1. The van der Waals surface area contributed by atoms with Crippen molar-refractivity contribution in [1.29, 1.82) is 0 Å². The maximum absolute atomic E-state index is 12.2. The van der Waals surface area contributed by atoms with Crippen molar-refractivity contribution in [2.45, 2.75) is 6.92 Å². The fraction of sp³-hybridized carbons (Fsp3) is 0.294. The Kier molecular flexibility index (Phi) is 3.70. The van der Waals surface area contributed by atoms with Crippen LogP contribution in [0.15, 0.2) is 39.4 Å². The lowest BCUT2D eigenvalue weighted by atomic mass is 10.2.